The number of nitrogens with one attached hydrogen (secondary N) is 1. The molecule has 0 saturated carbocycles. The van der Waals surface area contributed by atoms with E-state index >= 15 is 0 Å². The van der Waals surface area contributed by atoms with Crippen molar-refractivity contribution in [3.8, 4) is 6.07 Å². The third-order valence-electron chi connectivity index (χ3n) is 3.74. The molecule has 1 aliphatic heterocycles. The van der Waals surface area contributed by atoms with Crippen LogP contribution in [0.15, 0.2) is 18.2 Å². The molecule has 6 heteroatoms. The van der Waals surface area contributed by atoms with E-state index in [1.807, 2.05) is 6.07 Å². The molecular formula is C14H14FN3O2. The summed E-state index contributed by atoms with van der Waals surface area (Å²) in [6, 6.07) is 5.33. The van der Waals surface area contributed by atoms with Crippen molar-refractivity contribution in [2.24, 2.45) is 0 Å². The summed E-state index contributed by atoms with van der Waals surface area (Å²) >= 11 is 0. The molecule has 0 aliphatic carbocycles. The Morgan fingerprint density at radius 1 is 1.45 bits per heavy atom. The molecule has 1 heterocycles. The lowest BCUT2D eigenvalue weighted by Crippen LogP contribution is -2.46. The number of imide groups is 1. The average molecular weight is 275 g/mol. The van der Waals surface area contributed by atoms with Crippen LogP contribution in [-0.2, 0) is 11.3 Å². The van der Waals surface area contributed by atoms with Crippen molar-refractivity contribution >= 4 is 11.9 Å². The van der Waals surface area contributed by atoms with Crippen LogP contribution < -0.4 is 5.32 Å². The highest BCUT2D eigenvalue weighted by molar-refractivity contribution is 6.06. The summed E-state index contributed by atoms with van der Waals surface area (Å²) < 4.78 is 13.8. The highest BCUT2D eigenvalue weighted by Gasteiger charge is 2.47. The molecule has 2 rings (SSSR count). The van der Waals surface area contributed by atoms with E-state index in [-0.39, 0.29) is 18.0 Å². The molecule has 3 amide bonds. The van der Waals surface area contributed by atoms with Crippen molar-refractivity contribution in [3.63, 3.8) is 0 Å². The van der Waals surface area contributed by atoms with Gasteiger partial charge in [0.15, 0.2) is 0 Å². The predicted molar refractivity (Wildman–Crippen MR) is 68.9 cm³/mol. The Kier molecular flexibility index (Phi) is 3.45. The lowest BCUT2D eigenvalue weighted by atomic mass is 9.96. The number of amides is 3. The minimum absolute atomic E-state index is 0.0523. The first kappa shape index (κ1) is 14.0. The SMILES string of the molecule is CCC1(C)C(=O)NC(=O)N1Cc1cc(C#N)ccc1F. The molecular weight excluding hydrogens is 261 g/mol. The molecule has 5 nitrogen and oxygen atoms in total. The zero-order valence-electron chi connectivity index (χ0n) is 11.2. The van der Waals surface area contributed by atoms with E-state index in [0.717, 1.165) is 0 Å². The number of halogens is 1. The third-order valence-corrected chi connectivity index (χ3v) is 3.74. The van der Waals surface area contributed by atoms with E-state index < -0.39 is 17.4 Å². The third kappa shape index (κ3) is 2.11. The molecule has 1 aromatic rings. The van der Waals surface area contributed by atoms with Gasteiger partial charge >= 0.3 is 6.03 Å². The fourth-order valence-electron chi connectivity index (χ4n) is 2.18. The van der Waals surface area contributed by atoms with Crippen molar-refractivity contribution in [2.75, 3.05) is 0 Å². The maximum absolute atomic E-state index is 13.8. The summed E-state index contributed by atoms with van der Waals surface area (Å²) in [6.45, 7) is 3.37. The van der Waals surface area contributed by atoms with Crippen LogP contribution in [0.3, 0.4) is 0 Å². The summed E-state index contributed by atoms with van der Waals surface area (Å²) in [7, 11) is 0. The molecule has 1 saturated heterocycles. The Balaban J connectivity index is 2.36. The van der Waals surface area contributed by atoms with Gasteiger partial charge in [-0.2, -0.15) is 5.26 Å². The molecule has 0 spiro atoms. The van der Waals surface area contributed by atoms with Crippen molar-refractivity contribution in [2.45, 2.75) is 32.4 Å². The summed E-state index contributed by atoms with van der Waals surface area (Å²) in [5.41, 5.74) is -0.467. The summed E-state index contributed by atoms with van der Waals surface area (Å²) in [5, 5.41) is 11.1. The van der Waals surface area contributed by atoms with Gasteiger partial charge in [-0.05, 0) is 31.5 Å². The number of urea groups is 1. The van der Waals surface area contributed by atoms with Crippen LogP contribution in [0.4, 0.5) is 9.18 Å². The molecule has 0 radical (unpaired) electrons. The maximum Gasteiger partial charge on any atom is 0.325 e. The number of rotatable bonds is 3. The number of hydrogen-bond donors (Lipinski definition) is 1. The second-order valence-corrected chi connectivity index (χ2v) is 4.89. The van der Waals surface area contributed by atoms with Gasteiger partial charge < -0.3 is 4.90 Å². The number of hydrogen-bond acceptors (Lipinski definition) is 3. The lowest BCUT2D eigenvalue weighted by molar-refractivity contribution is -0.126. The van der Waals surface area contributed by atoms with E-state index in [1.54, 1.807) is 13.8 Å². The topological polar surface area (TPSA) is 73.2 Å². The first-order chi connectivity index (χ1) is 9.42. The smallest absolute Gasteiger partial charge is 0.306 e. The fourth-order valence-corrected chi connectivity index (χ4v) is 2.18. The largest absolute Gasteiger partial charge is 0.325 e. The molecule has 20 heavy (non-hydrogen) atoms. The molecule has 0 bridgehead atoms. The molecule has 104 valence electrons. The molecule has 1 N–H and O–H groups in total. The zero-order valence-corrected chi connectivity index (χ0v) is 11.2. The van der Waals surface area contributed by atoms with E-state index in [9.17, 15) is 14.0 Å². The second-order valence-electron chi connectivity index (χ2n) is 4.89. The quantitative estimate of drug-likeness (QED) is 0.856. The van der Waals surface area contributed by atoms with Gasteiger partial charge in [-0.25, -0.2) is 9.18 Å². The van der Waals surface area contributed by atoms with Crippen LogP contribution in [0.1, 0.15) is 31.4 Å². The number of carbonyl (C=O) groups excluding carboxylic acids is 2. The van der Waals surface area contributed by atoms with E-state index in [4.69, 9.17) is 5.26 Å². The Morgan fingerprint density at radius 2 is 2.15 bits per heavy atom. The van der Waals surface area contributed by atoms with Crippen molar-refractivity contribution in [3.05, 3.63) is 35.1 Å². The van der Waals surface area contributed by atoms with Crippen LogP contribution in [0.5, 0.6) is 0 Å². The first-order valence-corrected chi connectivity index (χ1v) is 6.24. The van der Waals surface area contributed by atoms with Crippen molar-refractivity contribution in [1.82, 2.24) is 10.2 Å². The monoisotopic (exact) mass is 275 g/mol. The fraction of sp³-hybridized carbons (Fsp3) is 0.357. The molecule has 0 aromatic heterocycles. The van der Waals surface area contributed by atoms with Gasteiger partial charge in [-0.15, -0.1) is 0 Å². The van der Waals surface area contributed by atoms with E-state index in [0.29, 0.717) is 12.0 Å². The molecule has 1 atom stereocenters. The van der Waals surface area contributed by atoms with Crippen LogP contribution >= 0.6 is 0 Å². The first-order valence-electron chi connectivity index (χ1n) is 6.24. The Labute approximate surface area is 116 Å². The van der Waals surface area contributed by atoms with Gasteiger partial charge in [0.1, 0.15) is 11.4 Å². The van der Waals surface area contributed by atoms with Crippen LogP contribution in [0.2, 0.25) is 0 Å². The summed E-state index contributed by atoms with van der Waals surface area (Å²) in [5.74, 6) is -0.892. The minimum Gasteiger partial charge on any atom is -0.306 e. The lowest BCUT2D eigenvalue weighted by Gasteiger charge is -2.30. The average Bonchev–Trinajstić information content (AvgIpc) is 2.65. The van der Waals surface area contributed by atoms with Gasteiger partial charge in [-0.3, -0.25) is 10.1 Å². The maximum atomic E-state index is 13.8. The number of nitrogens with zero attached hydrogens (tertiary/aromatic N) is 2. The highest BCUT2D eigenvalue weighted by atomic mass is 19.1. The van der Waals surface area contributed by atoms with Gasteiger partial charge in [0.2, 0.25) is 0 Å². The molecule has 1 fully saturated rings. The Hall–Kier alpha value is -2.42. The number of carbonyl (C=O) groups is 2. The Bertz CT molecular complexity index is 623. The predicted octanol–water partition coefficient (Wildman–Crippen LogP) is 1.92. The zero-order chi connectivity index (χ0) is 14.9. The van der Waals surface area contributed by atoms with Crippen LogP contribution in [-0.4, -0.2) is 22.4 Å². The number of benzene rings is 1. The Morgan fingerprint density at radius 3 is 2.75 bits per heavy atom. The summed E-state index contributed by atoms with van der Waals surface area (Å²) in [4.78, 5) is 25.0. The highest BCUT2D eigenvalue weighted by Crippen LogP contribution is 2.28. The van der Waals surface area contributed by atoms with E-state index in [1.165, 1.54) is 23.1 Å². The van der Waals surface area contributed by atoms with Gasteiger partial charge in [0.25, 0.3) is 5.91 Å². The van der Waals surface area contributed by atoms with Crippen LogP contribution in [0, 0.1) is 17.1 Å². The van der Waals surface area contributed by atoms with E-state index in [2.05, 4.69) is 5.32 Å². The standard InChI is InChI=1S/C14H14FN3O2/c1-3-14(2)12(19)17-13(20)18(14)8-10-6-9(7-16)4-5-11(10)15/h4-6H,3,8H2,1-2H3,(H,17,19,20). The van der Waals surface area contributed by atoms with Gasteiger partial charge in [-0.1, -0.05) is 6.92 Å². The number of nitriles is 1. The van der Waals surface area contributed by atoms with Crippen molar-refractivity contribution < 1.29 is 14.0 Å². The normalized spacial score (nSPS) is 21.8. The molecule has 1 aromatic carbocycles. The van der Waals surface area contributed by atoms with Crippen LogP contribution in [0.25, 0.3) is 0 Å². The summed E-state index contributed by atoms with van der Waals surface area (Å²) in [6.07, 6.45) is 0.421. The van der Waals surface area contributed by atoms with Gasteiger partial charge in [0, 0.05) is 5.56 Å². The van der Waals surface area contributed by atoms with Crippen molar-refractivity contribution in [1.29, 1.82) is 5.26 Å². The molecule has 1 unspecified atom stereocenters. The minimum atomic E-state index is -0.994. The van der Waals surface area contributed by atoms with Gasteiger partial charge in [0.05, 0.1) is 18.2 Å². The second kappa shape index (κ2) is 4.93. The molecule has 1 aliphatic rings.